The average Bonchev–Trinajstić information content (AvgIpc) is 3.70. The van der Waals surface area contributed by atoms with Gasteiger partial charge in [0.2, 0.25) is 0 Å². The van der Waals surface area contributed by atoms with Gasteiger partial charge in [-0.2, -0.15) is 4.89 Å². The molecule has 338 valence electrons. The van der Waals surface area contributed by atoms with Crippen LogP contribution in [0.25, 0.3) is 12.2 Å². The van der Waals surface area contributed by atoms with E-state index in [0.29, 0.717) is 11.5 Å². The van der Waals surface area contributed by atoms with Gasteiger partial charge in [0.15, 0.2) is 5.75 Å². The third-order valence-electron chi connectivity index (χ3n) is 13.3. The predicted molar refractivity (Wildman–Crippen MR) is 274 cm³/mol. The summed E-state index contributed by atoms with van der Waals surface area (Å²) in [5, 5.41) is 0. The summed E-state index contributed by atoms with van der Waals surface area (Å²) in [6, 6.07) is 45.7. The molecule has 0 saturated carbocycles. The van der Waals surface area contributed by atoms with Gasteiger partial charge in [0.05, 0.1) is 0 Å². The molecule has 0 fully saturated rings. The van der Waals surface area contributed by atoms with Crippen LogP contribution < -0.4 is 9.62 Å². The molecule has 2 aliphatic carbocycles. The van der Waals surface area contributed by atoms with Crippen molar-refractivity contribution in [3.8, 4) is 35.2 Å². The van der Waals surface area contributed by atoms with Crippen LogP contribution in [0.15, 0.2) is 146 Å². The third-order valence-corrected chi connectivity index (χ3v) is 13.3. The van der Waals surface area contributed by atoms with Gasteiger partial charge in [0.25, 0.3) is 0 Å². The summed E-state index contributed by atoms with van der Waals surface area (Å²) < 4.78 is 5.99. The van der Waals surface area contributed by atoms with Gasteiger partial charge in [-0.1, -0.05) is 151 Å². The molecule has 4 heteroatoms. The first-order valence-electron chi connectivity index (χ1n) is 24.0. The van der Waals surface area contributed by atoms with Crippen molar-refractivity contribution in [2.45, 2.75) is 109 Å². The number of aryl methyl sites for hydroxylation is 2. The molecule has 4 nitrogen and oxygen atoms in total. The number of fused-ring (bicyclic) bond motifs is 4. The Kier molecular flexibility index (Phi) is 14.5. The second-order valence-electron chi connectivity index (χ2n) is 19.5. The Hall–Kier alpha value is -6.85. The summed E-state index contributed by atoms with van der Waals surface area (Å²) in [7, 11) is 0. The van der Waals surface area contributed by atoms with E-state index in [1.165, 1.54) is 65.1 Å². The van der Waals surface area contributed by atoms with Gasteiger partial charge in [0, 0.05) is 33.7 Å². The first-order chi connectivity index (χ1) is 32.4. The van der Waals surface area contributed by atoms with E-state index in [9.17, 15) is 4.79 Å². The van der Waals surface area contributed by atoms with Crippen LogP contribution >= 0.6 is 0 Å². The fraction of sp³-hybridized carbons (Fsp3) is 0.286. The maximum Gasteiger partial charge on any atom is 0.336 e. The number of esters is 1. The molecule has 67 heavy (non-hydrogen) atoms. The van der Waals surface area contributed by atoms with Crippen molar-refractivity contribution in [2.75, 3.05) is 6.61 Å². The monoisotopic (exact) mass is 882 g/mol. The summed E-state index contributed by atoms with van der Waals surface area (Å²) in [6.45, 7) is 14.0. The van der Waals surface area contributed by atoms with E-state index < -0.39 is 5.97 Å². The number of ether oxygens (including phenoxy) is 1. The summed E-state index contributed by atoms with van der Waals surface area (Å²) >= 11 is 0. The molecule has 0 saturated heterocycles. The van der Waals surface area contributed by atoms with E-state index in [2.05, 4.69) is 150 Å². The second kappa shape index (κ2) is 20.8. The van der Waals surface area contributed by atoms with Crippen molar-refractivity contribution in [3.63, 3.8) is 0 Å². The third kappa shape index (κ3) is 11.4. The second-order valence-corrected chi connectivity index (χ2v) is 19.5. The minimum absolute atomic E-state index is 0.0775. The van der Waals surface area contributed by atoms with Crippen molar-refractivity contribution in [2.24, 2.45) is 0 Å². The van der Waals surface area contributed by atoms with E-state index in [1.807, 2.05) is 60.7 Å². The van der Waals surface area contributed by atoms with Gasteiger partial charge in [-0.15, -0.1) is 0 Å². The molecule has 6 aromatic carbocycles. The molecule has 0 heterocycles. The van der Waals surface area contributed by atoms with Gasteiger partial charge in [-0.3, -0.25) is 0 Å². The SMILES string of the molecule is CCCCc1ccc(C#Cc2ccc(C=CCOOc3ccc4c(c3)C3(CC4(C)C)CC(C)(C)c4ccc(OC(=O)C=Cc5ccc(C#Cc6ccc(CCCC)cc6)cc5)cc43)cc2)cc1. The summed E-state index contributed by atoms with van der Waals surface area (Å²) in [6.07, 6.45) is 16.1. The van der Waals surface area contributed by atoms with Crippen molar-refractivity contribution in [1.82, 2.24) is 0 Å². The highest BCUT2D eigenvalue weighted by Crippen LogP contribution is 2.63. The summed E-state index contributed by atoms with van der Waals surface area (Å²) in [4.78, 5) is 24.9. The molecule has 0 bridgehead atoms. The normalized spacial score (nSPS) is 16.3. The maximum atomic E-state index is 13.2. The number of unbranched alkanes of at least 4 members (excludes halogenated alkanes) is 2. The molecule has 8 rings (SSSR count). The van der Waals surface area contributed by atoms with Gasteiger partial charge in [-0.25, -0.2) is 4.79 Å². The molecular weight excluding hydrogens is 821 g/mol. The fourth-order valence-corrected chi connectivity index (χ4v) is 9.98. The Morgan fingerprint density at radius 1 is 0.537 bits per heavy atom. The lowest BCUT2D eigenvalue weighted by atomic mass is 9.72. The number of carbonyl (C=O) groups is 1. The van der Waals surface area contributed by atoms with Crippen molar-refractivity contribution >= 4 is 18.1 Å². The Morgan fingerprint density at radius 2 is 0.970 bits per heavy atom. The highest BCUT2D eigenvalue weighted by atomic mass is 17.2. The van der Waals surface area contributed by atoms with Crippen LogP contribution in [0, 0.1) is 23.7 Å². The smallest absolute Gasteiger partial charge is 0.336 e. The molecule has 0 amide bonds. The molecule has 0 N–H and O–H groups in total. The zero-order valence-electron chi connectivity index (χ0n) is 40.0. The largest absolute Gasteiger partial charge is 0.423 e. The van der Waals surface area contributed by atoms with Crippen LogP contribution in [0.5, 0.6) is 11.5 Å². The Morgan fingerprint density at radius 3 is 1.45 bits per heavy atom. The maximum absolute atomic E-state index is 13.2. The lowest BCUT2D eigenvalue weighted by Crippen LogP contribution is -2.27. The van der Waals surface area contributed by atoms with Crippen LogP contribution in [0.2, 0.25) is 0 Å². The minimum atomic E-state index is -0.423. The molecule has 1 spiro atoms. The van der Waals surface area contributed by atoms with E-state index in [4.69, 9.17) is 14.5 Å². The highest BCUT2D eigenvalue weighted by molar-refractivity contribution is 5.88. The zero-order chi connectivity index (χ0) is 46.9. The van der Waals surface area contributed by atoms with E-state index in [1.54, 1.807) is 6.08 Å². The van der Waals surface area contributed by atoms with Crippen molar-refractivity contribution in [3.05, 3.63) is 212 Å². The van der Waals surface area contributed by atoms with Crippen LogP contribution in [0.1, 0.15) is 147 Å². The molecular formula is C63H62O4. The molecule has 0 aliphatic heterocycles. The average molecular weight is 883 g/mol. The lowest BCUT2D eigenvalue weighted by molar-refractivity contribution is -0.195. The molecule has 6 aromatic rings. The van der Waals surface area contributed by atoms with Crippen LogP contribution in [0.3, 0.4) is 0 Å². The summed E-state index contributed by atoms with van der Waals surface area (Å²) in [5.74, 6) is 13.9. The minimum Gasteiger partial charge on any atom is -0.423 e. The quantitative estimate of drug-likeness (QED) is 0.0208. The Bertz CT molecular complexity index is 2870. The Balaban J connectivity index is 0.889. The van der Waals surface area contributed by atoms with E-state index in [0.717, 1.165) is 59.1 Å². The fourth-order valence-electron chi connectivity index (χ4n) is 9.98. The topological polar surface area (TPSA) is 44.8 Å². The summed E-state index contributed by atoms with van der Waals surface area (Å²) in [5.41, 5.74) is 13.2. The van der Waals surface area contributed by atoms with Gasteiger partial charge < -0.3 is 9.62 Å². The Labute approximate surface area is 399 Å². The van der Waals surface area contributed by atoms with E-state index in [-0.39, 0.29) is 22.9 Å². The number of hydrogen-bond donors (Lipinski definition) is 0. The van der Waals surface area contributed by atoms with Crippen molar-refractivity contribution < 1.29 is 19.3 Å². The number of rotatable bonds is 14. The molecule has 1 atom stereocenters. The molecule has 1 unspecified atom stereocenters. The molecule has 2 aliphatic rings. The van der Waals surface area contributed by atoms with E-state index >= 15 is 0 Å². The first kappa shape index (κ1) is 46.7. The zero-order valence-corrected chi connectivity index (χ0v) is 40.0. The number of benzene rings is 6. The van der Waals surface area contributed by atoms with Crippen LogP contribution in [-0.4, -0.2) is 12.6 Å². The highest BCUT2D eigenvalue weighted by Gasteiger charge is 2.56. The number of carbonyl (C=O) groups excluding carboxylic acids is 1. The number of hydrogen-bond acceptors (Lipinski definition) is 4. The van der Waals surface area contributed by atoms with Crippen molar-refractivity contribution in [1.29, 1.82) is 0 Å². The van der Waals surface area contributed by atoms with Gasteiger partial charge in [0.1, 0.15) is 12.4 Å². The van der Waals surface area contributed by atoms with Gasteiger partial charge in [-0.05, 0) is 173 Å². The van der Waals surface area contributed by atoms with Crippen LogP contribution in [0.4, 0.5) is 0 Å². The van der Waals surface area contributed by atoms with Crippen LogP contribution in [-0.2, 0) is 38.8 Å². The molecule has 0 aromatic heterocycles. The first-order valence-corrected chi connectivity index (χ1v) is 24.0. The lowest BCUT2D eigenvalue weighted by Gasteiger charge is -2.30. The standard InChI is InChI=1S/C63H62O4/c1-7-9-12-46-15-21-49(22-16-46)27-28-51-25-19-48(20-26-51)14-11-41-65-67-55-37-39-57-59(43-55)63(45-62(57,5)6)44-61(3,4)56-38-36-54(42-58(56)63)66-60(64)40-35-53-33-31-52(32-34-53)30-29-50-23-17-47(18-24-50)13-10-8-2/h11,14-26,31-40,42-43H,7-10,12-13,41,44-45H2,1-6H3. The predicted octanol–water partition coefficient (Wildman–Crippen LogP) is 14.5. The molecule has 0 radical (unpaired) electrons. The van der Waals surface area contributed by atoms with Gasteiger partial charge >= 0.3 is 5.97 Å².